The highest BCUT2D eigenvalue weighted by atomic mass is 16.5. The van der Waals surface area contributed by atoms with E-state index in [-0.39, 0.29) is 29.9 Å². The summed E-state index contributed by atoms with van der Waals surface area (Å²) in [7, 11) is 1.65. The van der Waals surface area contributed by atoms with Gasteiger partial charge in [0.15, 0.2) is 23.9 Å². The number of Topliss-reactive ketones (excluding diaryl/α,β-unsaturated/α-hetero) is 1. The number of aryl methyl sites for hydroxylation is 1. The number of nitrogens with zero attached hydrogens (tertiary/aromatic N) is 3. The summed E-state index contributed by atoms with van der Waals surface area (Å²) in [6, 6.07) is 9.12. The largest absolute Gasteiger partial charge is 0.451 e. The topological polar surface area (TPSA) is 94.6 Å². The van der Waals surface area contributed by atoms with Gasteiger partial charge in [-0.2, -0.15) is 0 Å². The van der Waals surface area contributed by atoms with Gasteiger partial charge in [0.1, 0.15) is 11.2 Å². The molecule has 0 N–H and O–H groups in total. The van der Waals surface area contributed by atoms with E-state index in [1.54, 1.807) is 18.1 Å². The van der Waals surface area contributed by atoms with Gasteiger partial charge in [0.25, 0.3) is 5.91 Å². The molecule has 4 rings (SSSR count). The molecular formula is C22H23N3O5. The monoisotopic (exact) mass is 409 g/mol. The van der Waals surface area contributed by atoms with Crippen LogP contribution in [0, 0.1) is 0 Å². The molecule has 0 saturated carbocycles. The Morgan fingerprint density at radius 1 is 1.20 bits per heavy atom. The number of hydrogen-bond donors (Lipinski definition) is 0. The Hall–Kier alpha value is -3.42. The predicted molar refractivity (Wildman–Crippen MR) is 108 cm³/mol. The minimum atomic E-state index is -0.625. The first-order chi connectivity index (χ1) is 14.4. The van der Waals surface area contributed by atoms with Crippen LogP contribution in [-0.4, -0.2) is 51.8 Å². The first kappa shape index (κ1) is 19.9. The molecule has 2 aromatic heterocycles. The Bertz CT molecular complexity index is 1070. The van der Waals surface area contributed by atoms with Crippen LogP contribution in [0.1, 0.15) is 52.4 Å². The third-order valence-corrected chi connectivity index (χ3v) is 5.45. The summed E-state index contributed by atoms with van der Waals surface area (Å²) in [5, 5.41) is 0. The van der Waals surface area contributed by atoms with Crippen molar-refractivity contribution in [2.75, 3.05) is 19.7 Å². The summed E-state index contributed by atoms with van der Waals surface area (Å²) in [5.41, 5.74) is 2.28. The molecular weight excluding hydrogens is 386 g/mol. The molecule has 0 atom stereocenters. The van der Waals surface area contributed by atoms with Gasteiger partial charge >= 0.3 is 5.97 Å². The number of carbonyl (C=O) groups is 3. The van der Waals surface area contributed by atoms with Crippen LogP contribution in [0.2, 0.25) is 0 Å². The maximum atomic E-state index is 12.5. The zero-order valence-electron chi connectivity index (χ0n) is 17.0. The number of hydrogen-bond acceptors (Lipinski definition) is 6. The average Bonchev–Trinajstić information content (AvgIpc) is 3.35. The van der Waals surface area contributed by atoms with Crippen molar-refractivity contribution in [2.45, 2.75) is 25.7 Å². The summed E-state index contributed by atoms with van der Waals surface area (Å²) < 4.78 is 12.5. The first-order valence-corrected chi connectivity index (χ1v) is 9.90. The summed E-state index contributed by atoms with van der Waals surface area (Å²) in [6.07, 6.45) is 3.05. The molecule has 0 spiro atoms. The van der Waals surface area contributed by atoms with Gasteiger partial charge < -0.3 is 18.6 Å². The zero-order valence-corrected chi connectivity index (χ0v) is 17.0. The van der Waals surface area contributed by atoms with Gasteiger partial charge in [0, 0.05) is 37.8 Å². The molecule has 30 heavy (non-hydrogen) atoms. The van der Waals surface area contributed by atoms with E-state index in [1.807, 2.05) is 24.3 Å². The number of piperidine rings is 1. The first-order valence-electron chi connectivity index (χ1n) is 9.90. The lowest BCUT2D eigenvalue weighted by molar-refractivity contribution is -0.135. The van der Waals surface area contributed by atoms with Crippen molar-refractivity contribution in [1.29, 1.82) is 0 Å². The number of amides is 1. The number of aromatic nitrogens is 2. The molecule has 1 fully saturated rings. The summed E-state index contributed by atoms with van der Waals surface area (Å²) >= 11 is 0. The van der Waals surface area contributed by atoms with Crippen LogP contribution >= 0.6 is 0 Å². The van der Waals surface area contributed by atoms with Gasteiger partial charge in [-0.15, -0.1) is 0 Å². The normalized spacial score (nSPS) is 14.8. The lowest BCUT2D eigenvalue weighted by atomic mass is 9.97. The molecule has 0 bridgehead atoms. The Kier molecular flexibility index (Phi) is 5.39. The second-order valence-corrected chi connectivity index (χ2v) is 7.53. The molecule has 1 aliphatic heterocycles. The van der Waals surface area contributed by atoms with E-state index in [1.165, 1.54) is 17.6 Å². The Morgan fingerprint density at radius 3 is 2.60 bits per heavy atom. The number of oxazole rings is 1. The van der Waals surface area contributed by atoms with Crippen LogP contribution in [0.25, 0.3) is 11.1 Å². The van der Waals surface area contributed by atoms with Crippen molar-refractivity contribution < 1.29 is 23.5 Å². The quantitative estimate of drug-likeness (QED) is 0.475. The molecule has 1 saturated heterocycles. The van der Waals surface area contributed by atoms with Gasteiger partial charge in [0.05, 0.1) is 0 Å². The number of ketones is 1. The third kappa shape index (κ3) is 3.98. The summed E-state index contributed by atoms with van der Waals surface area (Å²) in [6.45, 7) is 2.21. The Balaban J connectivity index is 1.30. The number of ether oxygens (including phenoxy) is 1. The average molecular weight is 409 g/mol. The van der Waals surface area contributed by atoms with Crippen LogP contribution in [0.5, 0.6) is 0 Å². The lowest BCUT2D eigenvalue weighted by Gasteiger charge is -2.30. The van der Waals surface area contributed by atoms with Crippen LogP contribution in [0.15, 0.2) is 40.9 Å². The number of rotatable bonds is 5. The van der Waals surface area contributed by atoms with Gasteiger partial charge in [-0.3, -0.25) is 9.59 Å². The van der Waals surface area contributed by atoms with E-state index in [9.17, 15) is 14.4 Å². The molecule has 0 radical (unpaired) electrons. The maximum Gasteiger partial charge on any atom is 0.355 e. The third-order valence-electron chi connectivity index (χ3n) is 5.45. The summed E-state index contributed by atoms with van der Waals surface area (Å²) in [4.78, 5) is 42.4. The van der Waals surface area contributed by atoms with E-state index in [0.29, 0.717) is 24.5 Å². The predicted octanol–water partition coefficient (Wildman–Crippen LogP) is 2.93. The molecule has 3 heterocycles. The van der Waals surface area contributed by atoms with Crippen LogP contribution in [0.4, 0.5) is 0 Å². The number of likely N-dealkylation sites (tertiary alicyclic amines) is 1. The van der Waals surface area contributed by atoms with Crippen LogP contribution < -0.4 is 0 Å². The molecule has 1 amide bonds. The van der Waals surface area contributed by atoms with Crippen molar-refractivity contribution >= 4 is 28.8 Å². The van der Waals surface area contributed by atoms with E-state index >= 15 is 0 Å². The number of fused-ring (bicyclic) bond motifs is 1. The highest BCUT2D eigenvalue weighted by molar-refractivity contribution is 5.98. The van der Waals surface area contributed by atoms with Gasteiger partial charge in [-0.05, 0) is 38.0 Å². The minimum absolute atomic E-state index is 0.137. The van der Waals surface area contributed by atoms with Crippen molar-refractivity contribution in [2.24, 2.45) is 7.05 Å². The van der Waals surface area contributed by atoms with Gasteiger partial charge in [-0.25, -0.2) is 9.78 Å². The standard InChI is InChI=1S/C22H23N3O5/c1-14(26)16-11-18(24(2)12-16)22(28)29-13-20(27)25-9-7-15(8-10-25)21-23-17-5-3-4-6-19(17)30-21/h3-6,11-12,15H,7-10,13H2,1-2H3. The van der Waals surface area contributed by atoms with Gasteiger partial charge in [-0.1, -0.05) is 12.1 Å². The van der Waals surface area contributed by atoms with E-state index in [2.05, 4.69) is 4.98 Å². The van der Waals surface area contributed by atoms with Crippen molar-refractivity contribution in [3.8, 4) is 0 Å². The van der Waals surface area contributed by atoms with Crippen molar-refractivity contribution in [3.05, 3.63) is 53.7 Å². The highest BCUT2D eigenvalue weighted by Crippen LogP contribution is 2.29. The molecule has 0 aliphatic carbocycles. The maximum absolute atomic E-state index is 12.5. The van der Waals surface area contributed by atoms with E-state index < -0.39 is 5.97 Å². The summed E-state index contributed by atoms with van der Waals surface area (Å²) in [5.74, 6) is -0.125. The molecule has 0 unspecified atom stereocenters. The van der Waals surface area contributed by atoms with Crippen molar-refractivity contribution in [3.63, 3.8) is 0 Å². The molecule has 1 aliphatic rings. The van der Waals surface area contributed by atoms with Crippen molar-refractivity contribution in [1.82, 2.24) is 14.5 Å². The fourth-order valence-corrected chi connectivity index (χ4v) is 3.69. The Morgan fingerprint density at radius 2 is 1.93 bits per heavy atom. The number of para-hydroxylation sites is 2. The molecule has 3 aromatic rings. The lowest BCUT2D eigenvalue weighted by Crippen LogP contribution is -2.40. The molecule has 1 aromatic carbocycles. The smallest absolute Gasteiger partial charge is 0.355 e. The molecule has 8 nitrogen and oxygen atoms in total. The fourth-order valence-electron chi connectivity index (χ4n) is 3.69. The number of carbonyl (C=O) groups excluding carboxylic acids is 3. The van der Waals surface area contributed by atoms with Gasteiger partial charge in [0.2, 0.25) is 0 Å². The SMILES string of the molecule is CC(=O)c1cc(C(=O)OCC(=O)N2CCC(c3nc4ccccc4o3)CC2)n(C)c1. The second-order valence-electron chi connectivity index (χ2n) is 7.53. The van der Waals surface area contributed by atoms with E-state index in [4.69, 9.17) is 9.15 Å². The number of benzene rings is 1. The highest BCUT2D eigenvalue weighted by Gasteiger charge is 2.27. The van der Waals surface area contributed by atoms with Crippen LogP contribution in [-0.2, 0) is 16.6 Å². The van der Waals surface area contributed by atoms with Crippen LogP contribution in [0.3, 0.4) is 0 Å². The molecule has 8 heteroatoms. The zero-order chi connectivity index (χ0) is 21.3. The van der Waals surface area contributed by atoms with E-state index in [0.717, 1.165) is 23.9 Å². The minimum Gasteiger partial charge on any atom is -0.451 e. The Labute approximate surface area is 173 Å². The molecule has 156 valence electrons. The second kappa shape index (κ2) is 8.14. The fraction of sp³-hybridized carbons (Fsp3) is 0.364. The number of esters is 1.